The smallest absolute Gasteiger partial charge is 0.410 e. The van der Waals surface area contributed by atoms with Crippen LogP contribution in [-0.2, 0) is 21.4 Å². The number of sulfonamides is 1. The summed E-state index contributed by atoms with van der Waals surface area (Å²) < 4.78 is 33.7. The number of hydrogen-bond acceptors (Lipinski definition) is 5. The Labute approximate surface area is 270 Å². The molecular formula is C35H46ClN3O4S. The number of allylic oxidation sites excluding steroid dienone is 1. The second kappa shape index (κ2) is 18.0. The van der Waals surface area contributed by atoms with Gasteiger partial charge >= 0.3 is 6.09 Å². The van der Waals surface area contributed by atoms with E-state index in [1.54, 1.807) is 31.3 Å². The highest BCUT2D eigenvalue weighted by molar-refractivity contribution is 7.89. The summed E-state index contributed by atoms with van der Waals surface area (Å²) in [7, 11) is -1.91. The summed E-state index contributed by atoms with van der Waals surface area (Å²) in [4.78, 5) is 17.8. The number of likely N-dealkylation sites (N-methyl/N-ethyl adjacent to an activating group) is 1. The van der Waals surface area contributed by atoms with Crippen molar-refractivity contribution in [2.75, 3.05) is 39.8 Å². The van der Waals surface area contributed by atoms with Gasteiger partial charge in [0, 0.05) is 39.3 Å². The first-order chi connectivity index (χ1) is 20.9. The van der Waals surface area contributed by atoms with E-state index in [1.165, 1.54) is 4.31 Å². The third kappa shape index (κ3) is 10.2. The van der Waals surface area contributed by atoms with Crippen LogP contribution in [0.4, 0.5) is 4.79 Å². The number of unbranched alkanes of at least 4 members (excludes halogenated alkanes) is 1. The van der Waals surface area contributed by atoms with Gasteiger partial charge in [0.25, 0.3) is 0 Å². The Hall–Kier alpha value is -3.17. The molecule has 1 saturated heterocycles. The Bertz CT molecular complexity index is 1370. The van der Waals surface area contributed by atoms with Crippen molar-refractivity contribution in [2.45, 2.75) is 55.6 Å². The summed E-state index contributed by atoms with van der Waals surface area (Å²) in [5, 5.41) is 0. The molecule has 238 valence electrons. The van der Waals surface area contributed by atoms with Crippen LogP contribution in [-0.4, -0.2) is 74.4 Å². The number of carbonyl (C=O) groups is 1. The van der Waals surface area contributed by atoms with Gasteiger partial charge in [-0.2, -0.15) is 0 Å². The Morgan fingerprint density at radius 2 is 1.57 bits per heavy atom. The molecule has 3 aromatic rings. The Kier molecular flexibility index (Phi) is 14.4. The van der Waals surface area contributed by atoms with Crippen molar-refractivity contribution in [3.8, 4) is 0 Å². The molecule has 0 spiro atoms. The molecule has 0 N–H and O–H groups in total. The van der Waals surface area contributed by atoms with E-state index in [9.17, 15) is 13.2 Å². The fraction of sp³-hybridized carbons (Fsp3) is 0.400. The number of likely N-dealkylation sites (tertiary alicyclic amines) is 1. The van der Waals surface area contributed by atoms with E-state index in [1.807, 2.05) is 65.6 Å². The number of amides is 1. The maximum absolute atomic E-state index is 13.2. The van der Waals surface area contributed by atoms with Gasteiger partial charge in [-0.15, -0.1) is 19.0 Å². The van der Waals surface area contributed by atoms with Gasteiger partial charge in [0.05, 0.1) is 4.90 Å². The Morgan fingerprint density at radius 1 is 0.977 bits per heavy atom. The molecule has 0 radical (unpaired) electrons. The number of hydrogen-bond donors (Lipinski definition) is 0. The molecule has 0 aliphatic carbocycles. The van der Waals surface area contributed by atoms with Crippen LogP contribution in [0.1, 0.15) is 49.1 Å². The SMILES string of the molecule is C=CCCCN(C(=O)OCc1ccccc1)C1CCN(CC[C@H](CN(C)S(=O)(=O)c2ccccc2)c2ccccc2)CC1.Cl. The summed E-state index contributed by atoms with van der Waals surface area (Å²) in [6, 6.07) is 28.7. The monoisotopic (exact) mass is 639 g/mol. The predicted molar refractivity (Wildman–Crippen MR) is 180 cm³/mol. The molecule has 9 heteroatoms. The van der Waals surface area contributed by atoms with Crippen molar-refractivity contribution in [1.29, 1.82) is 0 Å². The molecular weight excluding hydrogens is 594 g/mol. The predicted octanol–water partition coefficient (Wildman–Crippen LogP) is 6.97. The van der Waals surface area contributed by atoms with Crippen molar-refractivity contribution in [3.63, 3.8) is 0 Å². The number of ether oxygens (including phenoxy) is 1. The summed E-state index contributed by atoms with van der Waals surface area (Å²) in [5.41, 5.74) is 2.12. The topological polar surface area (TPSA) is 70.2 Å². The van der Waals surface area contributed by atoms with Gasteiger partial charge in [0.15, 0.2) is 0 Å². The van der Waals surface area contributed by atoms with E-state index in [0.717, 1.165) is 62.9 Å². The maximum atomic E-state index is 13.2. The van der Waals surface area contributed by atoms with Gasteiger partial charge in [-0.3, -0.25) is 0 Å². The molecule has 1 fully saturated rings. The lowest BCUT2D eigenvalue weighted by Crippen LogP contribution is -2.48. The molecule has 0 unspecified atom stereocenters. The number of nitrogens with zero attached hydrogens (tertiary/aromatic N) is 3. The van der Waals surface area contributed by atoms with Crippen LogP contribution in [0.15, 0.2) is 109 Å². The number of carbonyl (C=O) groups excluding carboxylic acids is 1. The molecule has 1 atom stereocenters. The second-order valence-electron chi connectivity index (χ2n) is 11.2. The fourth-order valence-electron chi connectivity index (χ4n) is 5.69. The summed E-state index contributed by atoms with van der Waals surface area (Å²) in [5.74, 6) is 0.0609. The van der Waals surface area contributed by atoms with Gasteiger partial charge < -0.3 is 14.5 Å². The van der Waals surface area contributed by atoms with Crippen LogP contribution >= 0.6 is 12.4 Å². The Balaban J connectivity index is 0.00000529. The molecule has 0 aromatic heterocycles. The first-order valence-electron chi connectivity index (χ1n) is 15.3. The molecule has 1 aliphatic rings. The third-order valence-electron chi connectivity index (χ3n) is 8.24. The maximum Gasteiger partial charge on any atom is 0.410 e. The van der Waals surface area contributed by atoms with Crippen LogP contribution in [0, 0.1) is 0 Å². The molecule has 0 saturated carbocycles. The van der Waals surface area contributed by atoms with Gasteiger partial charge in [-0.1, -0.05) is 84.9 Å². The number of benzene rings is 3. The first kappa shape index (κ1) is 35.3. The van der Waals surface area contributed by atoms with Gasteiger partial charge in [0.2, 0.25) is 10.0 Å². The van der Waals surface area contributed by atoms with Crippen LogP contribution in [0.25, 0.3) is 0 Å². The van der Waals surface area contributed by atoms with E-state index in [-0.39, 0.29) is 37.1 Å². The average molecular weight is 640 g/mol. The minimum Gasteiger partial charge on any atom is -0.445 e. The lowest BCUT2D eigenvalue weighted by Gasteiger charge is -2.38. The number of piperidine rings is 1. The van der Waals surface area contributed by atoms with Gasteiger partial charge in [-0.25, -0.2) is 17.5 Å². The minimum absolute atomic E-state index is 0. The van der Waals surface area contributed by atoms with Crippen molar-refractivity contribution >= 4 is 28.5 Å². The van der Waals surface area contributed by atoms with E-state index < -0.39 is 10.0 Å². The first-order valence-corrected chi connectivity index (χ1v) is 16.7. The van der Waals surface area contributed by atoms with Crippen molar-refractivity contribution in [1.82, 2.24) is 14.1 Å². The second-order valence-corrected chi connectivity index (χ2v) is 13.3. The highest BCUT2D eigenvalue weighted by Gasteiger charge is 2.30. The fourth-order valence-corrected chi connectivity index (χ4v) is 6.93. The zero-order chi connectivity index (χ0) is 30.5. The lowest BCUT2D eigenvalue weighted by atomic mass is 9.94. The van der Waals surface area contributed by atoms with Crippen LogP contribution < -0.4 is 0 Å². The summed E-state index contributed by atoms with van der Waals surface area (Å²) in [6.07, 6.45) is 5.96. The van der Waals surface area contributed by atoms with E-state index >= 15 is 0 Å². The van der Waals surface area contributed by atoms with Crippen LogP contribution in [0.2, 0.25) is 0 Å². The van der Waals surface area contributed by atoms with Gasteiger partial charge in [-0.05, 0) is 67.8 Å². The zero-order valence-corrected chi connectivity index (χ0v) is 27.3. The third-order valence-corrected chi connectivity index (χ3v) is 10.1. The van der Waals surface area contributed by atoms with E-state index in [0.29, 0.717) is 18.0 Å². The molecule has 3 aromatic carbocycles. The van der Waals surface area contributed by atoms with E-state index in [4.69, 9.17) is 4.74 Å². The van der Waals surface area contributed by atoms with Crippen LogP contribution in [0.5, 0.6) is 0 Å². The lowest BCUT2D eigenvalue weighted by molar-refractivity contribution is 0.0597. The minimum atomic E-state index is -3.58. The molecule has 1 heterocycles. The Morgan fingerprint density at radius 3 is 2.18 bits per heavy atom. The highest BCUT2D eigenvalue weighted by atomic mass is 35.5. The standard InChI is InChI=1S/C35H45N3O4S.ClH/c1-3-4-14-24-38(35(39)42-29-30-15-8-5-9-16-30)33-22-26-37(27-23-33)25-21-32(31-17-10-6-11-18-31)28-36(2)43(40,41)34-19-12-7-13-20-34;/h3,5-13,15-20,32-33H,1,4,14,21-29H2,2H3;1H/t32-;/m1./s1. The molecule has 1 amide bonds. The van der Waals surface area contributed by atoms with Crippen LogP contribution in [0.3, 0.4) is 0 Å². The number of halogens is 1. The largest absolute Gasteiger partial charge is 0.445 e. The molecule has 0 bridgehead atoms. The highest BCUT2D eigenvalue weighted by Crippen LogP contribution is 2.26. The van der Waals surface area contributed by atoms with Crippen molar-refractivity contribution in [3.05, 3.63) is 115 Å². The molecule has 7 nitrogen and oxygen atoms in total. The quantitative estimate of drug-likeness (QED) is 0.133. The normalized spacial score (nSPS) is 14.9. The molecule has 4 rings (SSSR count). The summed E-state index contributed by atoms with van der Waals surface area (Å²) in [6.45, 7) is 7.78. The van der Waals surface area contributed by atoms with Gasteiger partial charge in [0.1, 0.15) is 6.61 Å². The summed E-state index contributed by atoms with van der Waals surface area (Å²) >= 11 is 0. The number of rotatable bonds is 15. The molecule has 1 aliphatic heterocycles. The molecule has 44 heavy (non-hydrogen) atoms. The van der Waals surface area contributed by atoms with Crippen molar-refractivity contribution < 1.29 is 17.9 Å². The zero-order valence-electron chi connectivity index (χ0n) is 25.7. The van der Waals surface area contributed by atoms with E-state index in [2.05, 4.69) is 23.6 Å². The van der Waals surface area contributed by atoms with Crippen molar-refractivity contribution in [2.24, 2.45) is 0 Å². The average Bonchev–Trinajstić information content (AvgIpc) is 3.05.